The number of nitrogens with one attached hydrogen (secondary N) is 1. The Balaban J connectivity index is 2.85. The van der Waals surface area contributed by atoms with Gasteiger partial charge in [0.05, 0.1) is 13.2 Å². The van der Waals surface area contributed by atoms with Crippen LogP contribution in [0.1, 0.15) is 19.4 Å². The molecule has 1 aromatic carbocycles. The molecule has 1 rings (SSSR count). The molecule has 0 amide bonds. The van der Waals surface area contributed by atoms with Crippen molar-refractivity contribution < 1.29 is 19.7 Å². The van der Waals surface area contributed by atoms with Crippen LogP contribution in [0, 0.1) is 0 Å². The fourth-order valence-corrected chi connectivity index (χ4v) is 1.63. The van der Waals surface area contributed by atoms with Crippen LogP contribution >= 0.6 is 0 Å². The number of hydrogen-bond donors (Lipinski definition) is 3. The van der Waals surface area contributed by atoms with Crippen LogP contribution in [0.5, 0.6) is 11.5 Å². The fraction of sp³-hybridized carbons (Fsp3) is 0.571. The molecule has 1 atom stereocenters. The van der Waals surface area contributed by atoms with Gasteiger partial charge in [0, 0.05) is 12.1 Å². The molecule has 0 aliphatic carbocycles. The van der Waals surface area contributed by atoms with E-state index in [1.807, 2.05) is 32.0 Å². The summed E-state index contributed by atoms with van der Waals surface area (Å²) in [5.74, 6) is 1.28. The van der Waals surface area contributed by atoms with Crippen molar-refractivity contribution in [2.45, 2.75) is 26.5 Å². The predicted molar refractivity (Wildman–Crippen MR) is 73.6 cm³/mol. The number of ether oxygens (including phenoxy) is 2. The molecule has 19 heavy (non-hydrogen) atoms. The molecule has 0 saturated carbocycles. The molecule has 5 nitrogen and oxygen atoms in total. The van der Waals surface area contributed by atoms with Crippen molar-refractivity contribution in [3.63, 3.8) is 0 Å². The zero-order chi connectivity index (χ0) is 14.1. The van der Waals surface area contributed by atoms with E-state index in [0.29, 0.717) is 24.7 Å². The van der Waals surface area contributed by atoms with E-state index in [-0.39, 0.29) is 13.2 Å². The van der Waals surface area contributed by atoms with Crippen LogP contribution in [0.25, 0.3) is 0 Å². The zero-order valence-electron chi connectivity index (χ0n) is 11.6. The van der Waals surface area contributed by atoms with Crippen LogP contribution in [0.15, 0.2) is 18.2 Å². The van der Waals surface area contributed by atoms with Crippen LogP contribution in [0.3, 0.4) is 0 Å². The highest BCUT2D eigenvalue weighted by Crippen LogP contribution is 2.31. The average Bonchev–Trinajstić information content (AvgIpc) is 2.43. The molecular weight excluding hydrogens is 246 g/mol. The second-order valence-corrected chi connectivity index (χ2v) is 4.11. The summed E-state index contributed by atoms with van der Waals surface area (Å²) in [6.45, 7) is 5.73. The van der Waals surface area contributed by atoms with E-state index in [9.17, 15) is 5.11 Å². The van der Waals surface area contributed by atoms with Crippen molar-refractivity contribution in [3.8, 4) is 11.5 Å². The second kappa shape index (κ2) is 8.74. The standard InChI is InChI=1S/C14H23NO4/c1-3-15-8-11-6-5-7-13(18-4-2)14(11)19-10-12(17)9-16/h5-7,12,15-17H,3-4,8-10H2,1-2H3. The van der Waals surface area contributed by atoms with Gasteiger partial charge in [0.1, 0.15) is 12.7 Å². The smallest absolute Gasteiger partial charge is 0.165 e. The third-order valence-corrected chi connectivity index (χ3v) is 2.56. The Labute approximate surface area is 114 Å². The lowest BCUT2D eigenvalue weighted by Crippen LogP contribution is -2.22. The maximum atomic E-state index is 9.38. The molecule has 1 aromatic rings. The first kappa shape index (κ1) is 15.8. The minimum atomic E-state index is -0.887. The van der Waals surface area contributed by atoms with Crippen LogP contribution in [0.2, 0.25) is 0 Å². The number of para-hydroxylation sites is 1. The highest BCUT2D eigenvalue weighted by Gasteiger charge is 2.12. The molecule has 5 heteroatoms. The summed E-state index contributed by atoms with van der Waals surface area (Å²) < 4.78 is 11.1. The first-order valence-corrected chi connectivity index (χ1v) is 6.60. The van der Waals surface area contributed by atoms with Gasteiger partial charge in [-0.3, -0.25) is 0 Å². The van der Waals surface area contributed by atoms with Gasteiger partial charge >= 0.3 is 0 Å². The molecule has 0 aliphatic heterocycles. The van der Waals surface area contributed by atoms with Crippen molar-refractivity contribution >= 4 is 0 Å². The lowest BCUT2D eigenvalue weighted by atomic mass is 10.2. The first-order valence-electron chi connectivity index (χ1n) is 6.60. The largest absolute Gasteiger partial charge is 0.490 e. The Morgan fingerprint density at radius 3 is 2.68 bits per heavy atom. The molecule has 0 saturated heterocycles. The summed E-state index contributed by atoms with van der Waals surface area (Å²) in [7, 11) is 0. The van der Waals surface area contributed by atoms with Crippen molar-refractivity contribution in [1.29, 1.82) is 0 Å². The highest BCUT2D eigenvalue weighted by atomic mass is 16.5. The van der Waals surface area contributed by atoms with E-state index in [0.717, 1.165) is 12.1 Å². The van der Waals surface area contributed by atoms with Gasteiger partial charge in [-0.2, -0.15) is 0 Å². The Morgan fingerprint density at radius 2 is 2.05 bits per heavy atom. The van der Waals surface area contributed by atoms with Crippen LogP contribution in [-0.2, 0) is 6.54 Å². The number of benzene rings is 1. The molecule has 0 bridgehead atoms. The van der Waals surface area contributed by atoms with Crippen molar-refractivity contribution in [1.82, 2.24) is 5.32 Å². The lowest BCUT2D eigenvalue weighted by molar-refractivity contribution is 0.0521. The predicted octanol–water partition coefficient (Wildman–Crippen LogP) is 0.927. The van der Waals surface area contributed by atoms with Crippen molar-refractivity contribution in [3.05, 3.63) is 23.8 Å². The SMILES string of the molecule is CCNCc1cccc(OCC)c1OCC(O)CO. The Bertz CT molecular complexity index is 370. The van der Waals surface area contributed by atoms with Gasteiger partial charge in [-0.25, -0.2) is 0 Å². The van der Waals surface area contributed by atoms with Gasteiger partial charge in [-0.05, 0) is 19.5 Å². The quantitative estimate of drug-likeness (QED) is 0.622. The molecule has 0 radical (unpaired) electrons. The molecule has 1 unspecified atom stereocenters. The molecule has 0 fully saturated rings. The van der Waals surface area contributed by atoms with E-state index >= 15 is 0 Å². The van der Waals surface area contributed by atoms with E-state index in [1.165, 1.54) is 0 Å². The summed E-state index contributed by atoms with van der Waals surface area (Å²) in [5, 5.41) is 21.4. The summed E-state index contributed by atoms with van der Waals surface area (Å²) >= 11 is 0. The first-order chi connectivity index (χ1) is 9.22. The summed E-state index contributed by atoms with van der Waals surface area (Å²) in [5.41, 5.74) is 0.970. The van der Waals surface area contributed by atoms with Crippen molar-refractivity contribution in [2.75, 3.05) is 26.4 Å². The van der Waals surface area contributed by atoms with Crippen molar-refractivity contribution in [2.24, 2.45) is 0 Å². The molecule has 0 aliphatic rings. The fourth-order valence-electron chi connectivity index (χ4n) is 1.63. The molecular formula is C14H23NO4. The second-order valence-electron chi connectivity index (χ2n) is 4.11. The third-order valence-electron chi connectivity index (χ3n) is 2.56. The number of aliphatic hydroxyl groups is 2. The Hall–Kier alpha value is -1.30. The summed E-state index contributed by atoms with van der Waals surface area (Å²) in [6.07, 6.45) is -0.887. The van der Waals surface area contributed by atoms with Gasteiger partial charge in [0.15, 0.2) is 11.5 Å². The molecule has 0 aromatic heterocycles. The van der Waals surface area contributed by atoms with Crippen LogP contribution < -0.4 is 14.8 Å². The monoisotopic (exact) mass is 269 g/mol. The Kier molecular flexibility index (Phi) is 7.25. The molecule has 0 heterocycles. The maximum Gasteiger partial charge on any atom is 0.165 e. The van der Waals surface area contributed by atoms with E-state index in [4.69, 9.17) is 14.6 Å². The molecule has 108 valence electrons. The topological polar surface area (TPSA) is 71.0 Å². The van der Waals surface area contributed by atoms with Gasteiger partial charge < -0.3 is 25.0 Å². The number of hydrogen-bond acceptors (Lipinski definition) is 5. The summed E-state index contributed by atoms with van der Waals surface area (Å²) in [6, 6.07) is 5.69. The number of aliphatic hydroxyl groups excluding tert-OH is 2. The Morgan fingerprint density at radius 1 is 1.26 bits per heavy atom. The van der Waals surface area contributed by atoms with Crippen LogP contribution in [-0.4, -0.2) is 42.7 Å². The number of rotatable bonds is 9. The van der Waals surface area contributed by atoms with E-state index < -0.39 is 6.10 Å². The van der Waals surface area contributed by atoms with Gasteiger partial charge in [0.25, 0.3) is 0 Å². The van der Waals surface area contributed by atoms with Gasteiger partial charge in [-0.15, -0.1) is 0 Å². The van der Waals surface area contributed by atoms with E-state index in [2.05, 4.69) is 5.32 Å². The van der Waals surface area contributed by atoms with Gasteiger partial charge in [0.2, 0.25) is 0 Å². The van der Waals surface area contributed by atoms with E-state index in [1.54, 1.807) is 0 Å². The van der Waals surface area contributed by atoms with Crippen LogP contribution in [0.4, 0.5) is 0 Å². The maximum absolute atomic E-state index is 9.38. The zero-order valence-corrected chi connectivity index (χ0v) is 11.6. The summed E-state index contributed by atoms with van der Waals surface area (Å²) in [4.78, 5) is 0. The highest BCUT2D eigenvalue weighted by molar-refractivity contribution is 5.46. The average molecular weight is 269 g/mol. The van der Waals surface area contributed by atoms with Gasteiger partial charge in [-0.1, -0.05) is 19.1 Å². The normalized spacial score (nSPS) is 12.2. The minimum Gasteiger partial charge on any atom is -0.490 e. The molecule has 3 N–H and O–H groups in total. The minimum absolute atomic E-state index is 0.0414. The lowest BCUT2D eigenvalue weighted by Gasteiger charge is -2.17. The molecule has 0 spiro atoms. The third kappa shape index (κ3) is 5.06.